The Bertz CT molecular complexity index is 3550. The zero-order chi connectivity index (χ0) is 61.4. The van der Waals surface area contributed by atoms with Gasteiger partial charge in [0.25, 0.3) is 0 Å². The molecule has 0 radical (unpaired) electrons. The summed E-state index contributed by atoms with van der Waals surface area (Å²) in [4.78, 5) is 31.4. The SMILES string of the molecule is COc1ccc(CCc2cc(B3OC(C)(C)C(C)(C)O3)cc(OC)n2)cc1.COc1ccc(CNc2cc(-c3nc(N=S(C)(=O)C4CC4)cc(N4CCOC[C@H]4C)n3)cc(OC)n2)cc1.C[C@@H]1COCCN1c1cc(N=S(C)(=O)C2CC2)nc(Cl)n1. The monoisotopic (exact) mass is 1240 g/mol. The Balaban J connectivity index is 0.000000162. The molecule has 25 heteroatoms. The Hall–Kier alpha value is -6.41. The van der Waals surface area contributed by atoms with Crippen molar-refractivity contribution >= 4 is 72.7 Å². The fourth-order valence-corrected chi connectivity index (χ4v) is 13.2. The Morgan fingerprint density at radius 3 is 1.65 bits per heavy atom. The number of benzene rings is 2. The summed E-state index contributed by atoms with van der Waals surface area (Å²) < 4.78 is 79.4. The molecule has 1 N–H and O–H groups in total. The average molecular weight is 1240 g/mol. The highest BCUT2D eigenvalue weighted by atomic mass is 35.5. The van der Waals surface area contributed by atoms with Crippen molar-refractivity contribution in [1.29, 1.82) is 0 Å². The summed E-state index contributed by atoms with van der Waals surface area (Å²) in [5.74, 6) is 6.06. The zero-order valence-electron chi connectivity index (χ0n) is 51.4. The molecule has 5 aliphatic rings. The third-order valence-corrected chi connectivity index (χ3v) is 20.6. The van der Waals surface area contributed by atoms with Gasteiger partial charge in [-0.2, -0.15) is 18.7 Å². The van der Waals surface area contributed by atoms with E-state index in [0.29, 0.717) is 74.6 Å². The maximum atomic E-state index is 13.2. The second kappa shape index (κ2) is 27.7. The molecular weight excluding hydrogens is 1160 g/mol. The predicted molar refractivity (Wildman–Crippen MR) is 340 cm³/mol. The lowest BCUT2D eigenvalue weighted by atomic mass is 9.79. The first kappa shape index (κ1) is 64.1. The van der Waals surface area contributed by atoms with Gasteiger partial charge in [0.1, 0.15) is 29.0 Å². The Labute approximate surface area is 512 Å². The van der Waals surface area contributed by atoms with Gasteiger partial charge in [-0.05, 0) is 145 Å². The van der Waals surface area contributed by atoms with Crippen LogP contribution in [0, 0.1) is 0 Å². The van der Waals surface area contributed by atoms with Crippen molar-refractivity contribution in [3.05, 3.63) is 107 Å². The average Bonchev–Trinajstić information content (AvgIpc) is 2.14. The van der Waals surface area contributed by atoms with Gasteiger partial charge >= 0.3 is 7.12 Å². The fourth-order valence-electron chi connectivity index (χ4n) is 9.76. The summed E-state index contributed by atoms with van der Waals surface area (Å²) in [5.41, 5.74) is 4.17. The normalized spacial score (nSPS) is 20.2. The molecule has 462 valence electrons. The van der Waals surface area contributed by atoms with Gasteiger partial charge in [0, 0.05) is 78.2 Å². The molecule has 5 fully saturated rings. The molecule has 3 saturated heterocycles. The number of methoxy groups -OCH3 is 4. The number of rotatable bonds is 18. The van der Waals surface area contributed by atoms with Crippen LogP contribution in [-0.2, 0) is 57.6 Å². The number of nitrogens with zero attached hydrogens (tertiary/aromatic N) is 10. The number of aromatic nitrogens is 6. The quantitative estimate of drug-likeness (QED) is 0.0623. The highest BCUT2D eigenvalue weighted by Crippen LogP contribution is 2.38. The van der Waals surface area contributed by atoms with Crippen LogP contribution in [-0.4, -0.2) is 160 Å². The zero-order valence-corrected chi connectivity index (χ0v) is 53.8. The van der Waals surface area contributed by atoms with Crippen molar-refractivity contribution in [3.8, 4) is 34.6 Å². The van der Waals surface area contributed by atoms with Crippen LogP contribution in [0.5, 0.6) is 23.3 Å². The van der Waals surface area contributed by atoms with Gasteiger partial charge in [0.05, 0.1) is 97.6 Å². The number of anilines is 3. The van der Waals surface area contributed by atoms with Crippen LogP contribution in [0.15, 0.2) is 93.7 Å². The number of hydrogen-bond donors (Lipinski definition) is 1. The highest BCUT2D eigenvalue weighted by Gasteiger charge is 2.52. The molecule has 4 atom stereocenters. The summed E-state index contributed by atoms with van der Waals surface area (Å²) in [5, 5.41) is 3.81. The first-order chi connectivity index (χ1) is 41.0. The minimum Gasteiger partial charge on any atom is -0.497 e. The van der Waals surface area contributed by atoms with E-state index >= 15 is 0 Å². The van der Waals surface area contributed by atoms with Crippen LogP contribution in [0.2, 0.25) is 5.28 Å². The van der Waals surface area contributed by atoms with Crippen molar-refractivity contribution in [2.45, 2.75) is 120 Å². The lowest BCUT2D eigenvalue weighted by Crippen LogP contribution is -2.44. The van der Waals surface area contributed by atoms with E-state index in [-0.39, 0.29) is 39.1 Å². The maximum absolute atomic E-state index is 13.2. The van der Waals surface area contributed by atoms with Crippen molar-refractivity contribution in [2.24, 2.45) is 8.73 Å². The highest BCUT2D eigenvalue weighted by molar-refractivity contribution is 7.94. The minimum atomic E-state index is -2.38. The van der Waals surface area contributed by atoms with E-state index in [4.69, 9.17) is 59.3 Å². The number of morpholine rings is 2. The van der Waals surface area contributed by atoms with E-state index < -0.39 is 26.6 Å². The molecule has 0 bridgehead atoms. The predicted octanol–water partition coefficient (Wildman–Crippen LogP) is 9.71. The summed E-state index contributed by atoms with van der Waals surface area (Å²) >= 11 is 6.01. The van der Waals surface area contributed by atoms with E-state index in [9.17, 15) is 8.42 Å². The van der Waals surface area contributed by atoms with Gasteiger partial charge in [0.15, 0.2) is 17.5 Å². The van der Waals surface area contributed by atoms with Gasteiger partial charge in [-0.15, -0.1) is 0 Å². The lowest BCUT2D eigenvalue weighted by molar-refractivity contribution is 0.00578. The van der Waals surface area contributed by atoms with E-state index in [0.717, 1.165) is 90.5 Å². The summed E-state index contributed by atoms with van der Waals surface area (Å²) in [6.45, 7) is 16.9. The minimum absolute atomic E-state index is 0.126. The number of pyridine rings is 2. The van der Waals surface area contributed by atoms with Crippen molar-refractivity contribution in [1.82, 2.24) is 29.9 Å². The Morgan fingerprint density at radius 2 is 1.14 bits per heavy atom. The molecule has 0 amide bonds. The Kier molecular flexibility index (Phi) is 20.7. The molecule has 4 aromatic heterocycles. The lowest BCUT2D eigenvalue weighted by Gasteiger charge is -2.34. The van der Waals surface area contributed by atoms with Crippen LogP contribution >= 0.6 is 11.6 Å². The molecule has 6 aromatic rings. The molecule has 2 aromatic carbocycles. The fraction of sp³-hybridized carbons (Fsp3) is 0.508. The number of halogens is 1. The largest absolute Gasteiger partial charge is 0.497 e. The van der Waals surface area contributed by atoms with E-state index in [1.165, 1.54) is 5.56 Å². The van der Waals surface area contributed by atoms with Gasteiger partial charge in [0.2, 0.25) is 17.0 Å². The number of hydrogen-bond acceptors (Lipinski definition) is 21. The van der Waals surface area contributed by atoms with Crippen LogP contribution in [0.25, 0.3) is 11.4 Å². The van der Waals surface area contributed by atoms with Crippen LogP contribution in [0.1, 0.15) is 84.0 Å². The second-order valence-corrected chi connectivity index (χ2v) is 28.6. The van der Waals surface area contributed by atoms with Crippen LogP contribution in [0.3, 0.4) is 0 Å². The molecular formula is C61H81BClN11O10S2. The van der Waals surface area contributed by atoms with E-state index in [1.54, 1.807) is 53.1 Å². The number of ether oxygens (including phenoxy) is 6. The molecule has 21 nitrogen and oxygen atoms in total. The first-order valence-corrected chi connectivity index (χ1v) is 33.4. The third kappa shape index (κ3) is 16.8. The molecule has 0 spiro atoms. The second-order valence-electron chi connectivity index (χ2n) is 23.2. The van der Waals surface area contributed by atoms with Gasteiger partial charge in [-0.1, -0.05) is 24.3 Å². The molecule has 7 heterocycles. The summed E-state index contributed by atoms with van der Waals surface area (Å²) in [6, 6.07) is 27.5. The third-order valence-electron chi connectivity index (χ3n) is 15.9. The molecule has 3 aliphatic heterocycles. The molecule has 2 saturated carbocycles. The topological polar surface area (TPSA) is 229 Å². The first-order valence-electron chi connectivity index (χ1n) is 29.0. The molecule has 2 aliphatic carbocycles. The summed E-state index contributed by atoms with van der Waals surface area (Å²) in [7, 11) is 1.49. The van der Waals surface area contributed by atoms with Gasteiger partial charge in [-0.3, -0.25) is 0 Å². The smallest absolute Gasteiger partial charge is 0.495 e. The molecule has 11 rings (SSSR count). The molecule has 2 unspecified atom stereocenters. The van der Waals surface area contributed by atoms with Crippen molar-refractivity contribution < 1.29 is 46.1 Å². The van der Waals surface area contributed by atoms with Crippen LogP contribution < -0.4 is 39.5 Å². The van der Waals surface area contributed by atoms with Gasteiger partial charge in [-0.25, -0.2) is 28.4 Å². The van der Waals surface area contributed by atoms with Crippen LogP contribution in [0.4, 0.5) is 29.1 Å². The van der Waals surface area contributed by atoms with E-state index in [2.05, 4.69) is 97.5 Å². The molecule has 86 heavy (non-hydrogen) atoms. The number of nitrogens with one attached hydrogen (secondary N) is 1. The summed E-state index contributed by atoms with van der Waals surface area (Å²) in [6.07, 6.45) is 8.93. The standard InChI is InChI=1S/C27H34N6O4S.C21H28BNO4.C13H19ClN4O2S/c1-18-17-37-12-11-33(18)25-15-24(32-38(4,34)22-9-10-22)30-27(31-25)20-13-23(29-26(14-20)36-3)28-16-19-5-7-21(35-2)8-6-19;1-20(2)21(3,4)27-22(26-20)16-13-17(23-19(14-16)25-6)10-7-15-8-11-18(24-5)12-9-15;1-9-8-20-6-5-18(9)12-7-11(15-13(14)16-12)17-21(2,19)10-3-4-10/h5-8,13-15,18,22H,9-12,16-17H2,1-4H3,(H,28,29);8-9,11-14H,7,10H2,1-6H3;7,9-10H,3-6,8H2,1-2H3/t18-,38?;;9-,21?/m1.1/s1. The van der Waals surface area contributed by atoms with Crippen molar-refractivity contribution in [3.63, 3.8) is 0 Å². The van der Waals surface area contributed by atoms with Gasteiger partial charge < -0.3 is 52.8 Å². The maximum Gasteiger partial charge on any atom is 0.495 e. The van der Waals surface area contributed by atoms with E-state index in [1.807, 2.05) is 60.7 Å². The van der Waals surface area contributed by atoms with Crippen molar-refractivity contribution in [2.75, 3.05) is 95.6 Å². The Morgan fingerprint density at radius 1 is 0.628 bits per heavy atom. The number of aryl methyl sites for hydroxylation is 2.